The van der Waals surface area contributed by atoms with E-state index in [2.05, 4.69) is 10.3 Å². The molecule has 1 fully saturated rings. The third-order valence-corrected chi connectivity index (χ3v) is 6.14. The van der Waals surface area contributed by atoms with E-state index in [1.165, 1.54) is 0 Å². The van der Waals surface area contributed by atoms with Crippen LogP contribution in [0.4, 0.5) is 10.6 Å². The van der Waals surface area contributed by atoms with Gasteiger partial charge in [-0.15, -0.1) is 0 Å². The Morgan fingerprint density at radius 2 is 1.54 bits per heavy atom. The molecular formula is C29H28N3NaO4. The number of carboxylic acid groups (broad SMARTS) is 1. The first-order valence-corrected chi connectivity index (χ1v) is 12.0. The molecule has 0 spiro atoms. The monoisotopic (exact) mass is 505 g/mol. The summed E-state index contributed by atoms with van der Waals surface area (Å²) in [6.07, 6.45) is 3.87. The van der Waals surface area contributed by atoms with Crippen molar-refractivity contribution in [1.29, 1.82) is 0 Å². The van der Waals surface area contributed by atoms with Crippen LogP contribution in [0.5, 0.6) is 0 Å². The van der Waals surface area contributed by atoms with Crippen LogP contribution >= 0.6 is 0 Å². The van der Waals surface area contributed by atoms with Crippen LogP contribution in [0, 0.1) is 0 Å². The van der Waals surface area contributed by atoms with Crippen LogP contribution in [0.1, 0.15) is 37.8 Å². The maximum Gasteiger partial charge on any atom is 1.00 e. The van der Waals surface area contributed by atoms with Crippen LogP contribution in [0.25, 0.3) is 16.8 Å². The number of hydrogen-bond acceptors (Lipinski definition) is 5. The summed E-state index contributed by atoms with van der Waals surface area (Å²) in [5.41, 5.74) is 3.69. The summed E-state index contributed by atoms with van der Waals surface area (Å²) in [4.78, 5) is 27.8. The van der Waals surface area contributed by atoms with Crippen LogP contribution in [0.2, 0.25) is 0 Å². The average Bonchev–Trinajstić information content (AvgIpc) is 3.63. The molecule has 37 heavy (non-hydrogen) atoms. The molecule has 0 radical (unpaired) electrons. The van der Waals surface area contributed by atoms with Gasteiger partial charge in [-0.1, -0.05) is 80.6 Å². The van der Waals surface area contributed by atoms with Crippen molar-refractivity contribution in [3.05, 3.63) is 103 Å². The fourth-order valence-corrected chi connectivity index (χ4v) is 3.99. The molecule has 8 heteroatoms. The first-order valence-electron chi connectivity index (χ1n) is 12.0. The fraction of sp³-hybridized carbons (Fsp3) is 0.207. The summed E-state index contributed by atoms with van der Waals surface area (Å²) < 4.78 is 7.05. The number of amides is 1. The summed E-state index contributed by atoms with van der Waals surface area (Å²) in [5, 5.41) is 14.2. The van der Waals surface area contributed by atoms with E-state index in [0.717, 1.165) is 27.9 Å². The molecule has 5 rings (SSSR count). The molecule has 0 bridgehead atoms. The van der Waals surface area contributed by atoms with Gasteiger partial charge in [0.05, 0.1) is 12.2 Å². The van der Waals surface area contributed by atoms with E-state index in [1.54, 1.807) is 17.1 Å². The third-order valence-electron chi connectivity index (χ3n) is 6.14. The van der Waals surface area contributed by atoms with Crippen molar-refractivity contribution < 1.29 is 49.0 Å². The number of carbonyl (C=O) groups is 2. The van der Waals surface area contributed by atoms with E-state index in [0.29, 0.717) is 18.7 Å². The number of hydrogen-bond donors (Lipinski definition) is 1. The minimum Gasteiger partial charge on any atom is -0.549 e. The molecule has 1 aliphatic carbocycles. The van der Waals surface area contributed by atoms with Crippen molar-refractivity contribution >= 4 is 17.9 Å². The van der Waals surface area contributed by atoms with E-state index in [-0.39, 0.29) is 36.2 Å². The van der Waals surface area contributed by atoms with Gasteiger partial charge in [0, 0.05) is 11.1 Å². The smallest absolute Gasteiger partial charge is 0.549 e. The summed E-state index contributed by atoms with van der Waals surface area (Å²) in [7, 11) is 0. The minimum absolute atomic E-state index is 0. The second-order valence-corrected chi connectivity index (χ2v) is 8.33. The second kappa shape index (κ2) is 12.7. The number of nitrogens with zero attached hydrogens (tertiary/aromatic N) is 2. The number of carbonyl (C=O) groups excluding carboxylic acids is 2. The van der Waals surface area contributed by atoms with Gasteiger partial charge in [0.25, 0.3) is 0 Å². The molecule has 1 heterocycles. The molecular weight excluding hydrogens is 477 g/mol. The van der Waals surface area contributed by atoms with E-state index in [9.17, 15) is 14.7 Å². The molecule has 1 saturated carbocycles. The number of ether oxygens (including phenoxy) is 1. The maximum atomic E-state index is 12.2. The van der Waals surface area contributed by atoms with Crippen LogP contribution < -0.4 is 40.0 Å². The molecule has 0 aliphatic heterocycles. The van der Waals surface area contributed by atoms with Crippen LogP contribution in [0.15, 0.2) is 91.4 Å². The zero-order valence-electron chi connectivity index (χ0n) is 21.3. The Labute approximate surface area is 238 Å². The SMILES string of the molecule is CC.O=C(Nc1cncn1-c1ccc(-c2ccc(C3(C(=O)[O-])CC3)cc2)cc1)OCc1ccccc1.[Na+]. The van der Waals surface area contributed by atoms with Gasteiger partial charge in [-0.3, -0.25) is 9.88 Å². The minimum atomic E-state index is -1.00. The quantitative estimate of drug-likeness (QED) is 0.388. The van der Waals surface area contributed by atoms with Crippen LogP contribution in [-0.4, -0.2) is 21.6 Å². The van der Waals surface area contributed by atoms with Crippen molar-refractivity contribution in [1.82, 2.24) is 9.55 Å². The largest absolute Gasteiger partial charge is 1.00 e. The van der Waals surface area contributed by atoms with Gasteiger partial charge in [-0.05, 0) is 47.2 Å². The van der Waals surface area contributed by atoms with Gasteiger partial charge in [0.2, 0.25) is 0 Å². The maximum absolute atomic E-state index is 12.2. The number of nitrogens with one attached hydrogen (secondary N) is 1. The van der Waals surface area contributed by atoms with Gasteiger partial charge in [-0.2, -0.15) is 0 Å². The van der Waals surface area contributed by atoms with E-state index < -0.39 is 17.5 Å². The number of rotatable bonds is 7. The summed E-state index contributed by atoms with van der Waals surface area (Å²) in [5.74, 6) is -0.509. The van der Waals surface area contributed by atoms with E-state index >= 15 is 0 Å². The molecule has 4 aromatic rings. The zero-order chi connectivity index (χ0) is 25.5. The Balaban J connectivity index is 0.00000124. The Hall–Kier alpha value is -3.39. The number of anilines is 1. The topological polar surface area (TPSA) is 96.3 Å². The van der Waals surface area contributed by atoms with Gasteiger partial charge in [-0.25, -0.2) is 9.78 Å². The molecule has 0 saturated heterocycles. The fourth-order valence-electron chi connectivity index (χ4n) is 3.99. The molecule has 0 atom stereocenters. The van der Waals surface area contributed by atoms with Crippen molar-refractivity contribution in [2.45, 2.75) is 38.7 Å². The zero-order valence-corrected chi connectivity index (χ0v) is 23.3. The van der Waals surface area contributed by atoms with Crippen molar-refractivity contribution in [3.8, 4) is 16.8 Å². The number of aliphatic carboxylic acids is 1. The second-order valence-electron chi connectivity index (χ2n) is 8.33. The predicted molar refractivity (Wildman–Crippen MR) is 137 cm³/mol. The Morgan fingerprint density at radius 3 is 2.11 bits per heavy atom. The number of imidazole rings is 1. The van der Waals surface area contributed by atoms with Gasteiger partial charge in [0.15, 0.2) is 0 Å². The first kappa shape index (κ1) is 28.2. The third kappa shape index (κ3) is 6.49. The summed E-state index contributed by atoms with van der Waals surface area (Å²) in [6, 6.07) is 24.8. The van der Waals surface area contributed by atoms with E-state index in [1.807, 2.05) is 92.7 Å². The van der Waals surface area contributed by atoms with Gasteiger partial charge >= 0.3 is 35.7 Å². The van der Waals surface area contributed by atoms with Crippen LogP contribution in [0.3, 0.4) is 0 Å². The van der Waals surface area contributed by atoms with Gasteiger partial charge < -0.3 is 14.6 Å². The predicted octanol–water partition coefficient (Wildman–Crippen LogP) is 2.10. The van der Waals surface area contributed by atoms with E-state index in [4.69, 9.17) is 4.74 Å². The molecule has 3 aromatic carbocycles. The molecule has 1 aliphatic rings. The molecule has 1 aromatic heterocycles. The Morgan fingerprint density at radius 1 is 0.946 bits per heavy atom. The number of carboxylic acids is 1. The average molecular weight is 506 g/mol. The first-order chi connectivity index (χ1) is 17.5. The Kier molecular flexibility index (Phi) is 9.69. The molecule has 7 nitrogen and oxygen atoms in total. The standard InChI is InChI=1S/C27H23N3O4.C2H6.Na/c31-25(32)27(14-15-27)22-10-6-20(7-11-22)21-8-12-23(13-9-21)30-18-28-16-24(30)29-26(33)34-17-19-4-2-1-3-5-19;1-2;/h1-13,16,18H,14-15,17H2,(H,29,33)(H,31,32);1-2H3;/q;;+1/p-1. The number of benzene rings is 3. The normalized spacial score (nSPS) is 12.8. The number of aromatic nitrogens is 2. The summed E-state index contributed by atoms with van der Waals surface area (Å²) in [6.45, 7) is 4.18. The molecule has 184 valence electrons. The van der Waals surface area contributed by atoms with Crippen molar-refractivity contribution in [2.24, 2.45) is 0 Å². The molecule has 0 unspecified atom stereocenters. The van der Waals surface area contributed by atoms with Gasteiger partial charge in [0.1, 0.15) is 18.8 Å². The van der Waals surface area contributed by atoms with Crippen molar-refractivity contribution in [2.75, 3.05) is 5.32 Å². The molecule has 1 N–H and O–H groups in total. The molecule has 1 amide bonds. The summed E-state index contributed by atoms with van der Waals surface area (Å²) >= 11 is 0. The van der Waals surface area contributed by atoms with Crippen molar-refractivity contribution in [3.63, 3.8) is 0 Å². The van der Waals surface area contributed by atoms with Crippen LogP contribution in [-0.2, 0) is 21.6 Å². The Bertz CT molecular complexity index is 1320.